The highest BCUT2D eigenvalue weighted by molar-refractivity contribution is 7.47. The summed E-state index contributed by atoms with van der Waals surface area (Å²) in [7, 11) is 1.12. The van der Waals surface area contributed by atoms with Crippen LogP contribution < -0.4 is 24.1 Å². The number of ether oxygens (including phenoxy) is 3. The highest BCUT2D eigenvalue weighted by atomic mass is 31.2. The summed E-state index contributed by atoms with van der Waals surface area (Å²) in [5.74, 6) is 1.49. The molecule has 1 aliphatic carbocycles. The predicted molar refractivity (Wildman–Crippen MR) is 146 cm³/mol. The Bertz CT molecular complexity index is 1450. The van der Waals surface area contributed by atoms with Gasteiger partial charge in [0.2, 0.25) is 11.7 Å². The lowest BCUT2D eigenvalue weighted by Crippen LogP contribution is -2.22. The van der Waals surface area contributed by atoms with Crippen LogP contribution in [0.15, 0.2) is 58.7 Å². The zero-order valence-corrected chi connectivity index (χ0v) is 23.2. The molecular formula is C28H30NO9P. The van der Waals surface area contributed by atoms with Gasteiger partial charge in [0, 0.05) is 7.11 Å². The first-order valence-electron chi connectivity index (χ1n) is 11.9. The number of methoxy groups -OCH3 is 3. The van der Waals surface area contributed by atoms with Crippen LogP contribution in [0.5, 0.6) is 23.0 Å². The molecule has 1 atom stereocenters. The summed E-state index contributed by atoms with van der Waals surface area (Å²) in [5, 5.41) is 2.90. The zero-order valence-electron chi connectivity index (χ0n) is 22.3. The second-order valence-electron chi connectivity index (χ2n) is 8.60. The Labute approximate surface area is 226 Å². The second-order valence-corrected chi connectivity index (χ2v) is 10.1. The summed E-state index contributed by atoms with van der Waals surface area (Å²) in [6.45, 7) is 2.25. The molecule has 1 unspecified atom stereocenters. The molecule has 4 rings (SSSR count). The van der Waals surface area contributed by atoms with E-state index in [1.807, 2.05) is 31.2 Å². The molecule has 2 aromatic carbocycles. The molecule has 0 radical (unpaired) electrons. The summed E-state index contributed by atoms with van der Waals surface area (Å²) in [6.07, 6.45) is 3.65. The van der Waals surface area contributed by atoms with Crippen LogP contribution in [0.4, 0.5) is 0 Å². The minimum atomic E-state index is -4.36. The van der Waals surface area contributed by atoms with Crippen molar-refractivity contribution in [3.05, 3.63) is 76.8 Å². The number of nitrogens with one attached hydrogen (secondary N) is 1. The van der Waals surface area contributed by atoms with Gasteiger partial charge < -0.3 is 28.5 Å². The second kappa shape index (κ2) is 11.8. The first-order valence-corrected chi connectivity index (χ1v) is 13.4. The monoisotopic (exact) mass is 555 g/mol. The maximum Gasteiger partial charge on any atom is 0.527 e. The lowest BCUT2D eigenvalue weighted by Gasteiger charge is -2.17. The van der Waals surface area contributed by atoms with E-state index in [9.17, 15) is 14.3 Å². The van der Waals surface area contributed by atoms with Crippen LogP contribution in [0.2, 0.25) is 0 Å². The number of amides is 1. The quantitative estimate of drug-likeness (QED) is 0.297. The molecule has 1 amide bonds. The summed E-state index contributed by atoms with van der Waals surface area (Å²) in [5.41, 5.74) is 5.19. The topological polar surface area (TPSA) is 126 Å². The Balaban J connectivity index is 1.73. The number of allylic oxidation sites excluding steroid dienone is 2. The Kier molecular flexibility index (Phi) is 8.50. The maximum absolute atomic E-state index is 12.9. The van der Waals surface area contributed by atoms with Crippen molar-refractivity contribution in [3.63, 3.8) is 0 Å². The SMILES string of the molecule is COc1ccc2c(c1)C(CC(=O)NCc1ccco1)=C(C)/C2=C/c1cc(OC)c(OP(=O)(O)OC)c(OC)c1. The number of carbonyl (C=O) groups is 1. The fourth-order valence-electron chi connectivity index (χ4n) is 4.33. The van der Waals surface area contributed by atoms with E-state index in [1.165, 1.54) is 14.2 Å². The van der Waals surface area contributed by atoms with Crippen molar-refractivity contribution in [2.24, 2.45) is 0 Å². The first kappa shape index (κ1) is 28.0. The molecule has 10 nitrogen and oxygen atoms in total. The number of phosphoric acid groups is 1. The molecule has 0 aliphatic heterocycles. The lowest BCUT2D eigenvalue weighted by atomic mass is 10.00. The van der Waals surface area contributed by atoms with Crippen molar-refractivity contribution in [1.82, 2.24) is 5.32 Å². The number of phosphoric ester groups is 1. The fraction of sp³-hybridized carbons (Fsp3) is 0.250. The molecule has 1 heterocycles. The van der Waals surface area contributed by atoms with E-state index in [-0.39, 0.29) is 29.6 Å². The Hall–Kier alpha value is -3.98. The average molecular weight is 556 g/mol. The maximum atomic E-state index is 12.9. The van der Waals surface area contributed by atoms with Gasteiger partial charge in [-0.15, -0.1) is 0 Å². The minimum absolute atomic E-state index is 0.0624. The molecule has 2 N–H and O–H groups in total. The summed E-state index contributed by atoms with van der Waals surface area (Å²) < 4.78 is 43.4. The minimum Gasteiger partial charge on any atom is -0.497 e. The van der Waals surface area contributed by atoms with Crippen LogP contribution in [-0.4, -0.2) is 39.2 Å². The standard InChI is InChI=1S/C28H30NO9P/c1-17-22(11-18-12-25(34-3)28(26(13-18)35-4)38-39(31,32)36-5)21-9-8-19(33-2)14-24(21)23(17)15-27(30)29-16-20-7-6-10-37-20/h6-14H,15-16H2,1-5H3,(H,29,30)(H,31,32)/b22-11-. The van der Waals surface area contributed by atoms with Crippen molar-refractivity contribution < 1.29 is 41.9 Å². The van der Waals surface area contributed by atoms with Crippen LogP contribution >= 0.6 is 7.82 Å². The van der Waals surface area contributed by atoms with Gasteiger partial charge in [0.05, 0.1) is 40.6 Å². The average Bonchev–Trinajstić information content (AvgIpc) is 3.54. The molecule has 0 saturated carbocycles. The number of carbonyl (C=O) groups excluding carboxylic acids is 1. The van der Waals surface area contributed by atoms with Gasteiger partial charge in [-0.1, -0.05) is 6.07 Å². The van der Waals surface area contributed by atoms with Gasteiger partial charge in [0.1, 0.15) is 11.5 Å². The molecule has 206 valence electrons. The van der Waals surface area contributed by atoms with E-state index in [1.54, 1.807) is 37.6 Å². The number of furan rings is 1. The number of rotatable bonds is 11. The van der Waals surface area contributed by atoms with E-state index in [0.717, 1.165) is 35.0 Å². The van der Waals surface area contributed by atoms with Crippen molar-refractivity contribution in [2.75, 3.05) is 28.4 Å². The van der Waals surface area contributed by atoms with E-state index in [2.05, 4.69) is 9.84 Å². The summed E-state index contributed by atoms with van der Waals surface area (Å²) >= 11 is 0. The predicted octanol–water partition coefficient (Wildman–Crippen LogP) is 5.47. The number of hydrogen-bond donors (Lipinski definition) is 2. The van der Waals surface area contributed by atoms with Crippen LogP contribution in [0.3, 0.4) is 0 Å². The normalized spacial score (nSPS) is 15.1. The number of benzene rings is 2. The Morgan fingerprint density at radius 1 is 1.03 bits per heavy atom. The van der Waals surface area contributed by atoms with Gasteiger partial charge in [-0.2, -0.15) is 0 Å². The van der Waals surface area contributed by atoms with Crippen molar-refractivity contribution in [1.29, 1.82) is 0 Å². The molecule has 0 saturated heterocycles. The molecule has 11 heteroatoms. The molecule has 0 fully saturated rings. The number of hydrogen-bond acceptors (Lipinski definition) is 8. The van der Waals surface area contributed by atoms with E-state index < -0.39 is 7.82 Å². The van der Waals surface area contributed by atoms with Gasteiger partial charge in [-0.25, -0.2) is 4.57 Å². The summed E-state index contributed by atoms with van der Waals surface area (Å²) in [4.78, 5) is 22.7. The highest BCUT2D eigenvalue weighted by Crippen LogP contribution is 2.51. The first-order chi connectivity index (χ1) is 18.7. The molecule has 3 aromatic rings. The highest BCUT2D eigenvalue weighted by Gasteiger charge is 2.28. The van der Waals surface area contributed by atoms with Gasteiger partial charge in [-0.05, 0) is 82.8 Å². The fourth-order valence-corrected chi connectivity index (χ4v) is 4.82. The van der Waals surface area contributed by atoms with Crippen molar-refractivity contribution in [2.45, 2.75) is 19.9 Å². The lowest BCUT2D eigenvalue weighted by molar-refractivity contribution is -0.120. The third-order valence-electron chi connectivity index (χ3n) is 6.31. The Morgan fingerprint density at radius 2 is 1.74 bits per heavy atom. The van der Waals surface area contributed by atoms with E-state index in [0.29, 0.717) is 23.6 Å². The van der Waals surface area contributed by atoms with E-state index >= 15 is 0 Å². The summed E-state index contributed by atoms with van der Waals surface area (Å²) in [6, 6.07) is 12.6. The van der Waals surface area contributed by atoms with Crippen LogP contribution in [0.1, 0.15) is 35.8 Å². The van der Waals surface area contributed by atoms with Crippen LogP contribution in [-0.2, 0) is 20.4 Å². The Morgan fingerprint density at radius 3 is 2.33 bits per heavy atom. The molecule has 0 spiro atoms. The zero-order chi connectivity index (χ0) is 28.2. The van der Waals surface area contributed by atoms with Crippen LogP contribution in [0.25, 0.3) is 17.2 Å². The number of fused-ring (bicyclic) bond motifs is 1. The van der Waals surface area contributed by atoms with Crippen molar-refractivity contribution in [3.8, 4) is 23.0 Å². The molecule has 1 aromatic heterocycles. The van der Waals surface area contributed by atoms with Gasteiger partial charge in [-0.3, -0.25) is 14.2 Å². The molecule has 0 bridgehead atoms. The van der Waals surface area contributed by atoms with Gasteiger partial charge in [0.15, 0.2) is 11.5 Å². The molecule has 39 heavy (non-hydrogen) atoms. The largest absolute Gasteiger partial charge is 0.527 e. The molecular weight excluding hydrogens is 525 g/mol. The third kappa shape index (κ3) is 6.20. The smallest absolute Gasteiger partial charge is 0.497 e. The van der Waals surface area contributed by atoms with E-state index in [4.69, 9.17) is 23.2 Å². The van der Waals surface area contributed by atoms with Gasteiger partial charge in [0.25, 0.3) is 0 Å². The van der Waals surface area contributed by atoms with Crippen molar-refractivity contribution >= 4 is 31.0 Å². The third-order valence-corrected chi connectivity index (χ3v) is 7.18. The van der Waals surface area contributed by atoms with Crippen LogP contribution in [0, 0.1) is 0 Å². The molecule has 1 aliphatic rings. The van der Waals surface area contributed by atoms with Gasteiger partial charge >= 0.3 is 7.82 Å².